The Balaban J connectivity index is 1.66. The lowest BCUT2D eigenvalue weighted by atomic mass is 9.97. The number of hydrogen-bond acceptors (Lipinski definition) is 6. The number of amides is 1. The van der Waals surface area contributed by atoms with Gasteiger partial charge >= 0.3 is 5.69 Å². The van der Waals surface area contributed by atoms with Crippen molar-refractivity contribution < 1.29 is 18.1 Å². The molecule has 0 saturated carbocycles. The second-order valence-corrected chi connectivity index (χ2v) is 9.00. The van der Waals surface area contributed by atoms with Gasteiger partial charge in [-0.1, -0.05) is 6.07 Å². The van der Waals surface area contributed by atoms with E-state index in [0.717, 1.165) is 17.3 Å². The van der Waals surface area contributed by atoms with Crippen LogP contribution in [0.3, 0.4) is 0 Å². The van der Waals surface area contributed by atoms with Crippen LogP contribution in [0, 0.1) is 29.9 Å². The third kappa shape index (κ3) is 4.43. The minimum absolute atomic E-state index is 0.0835. The molecule has 2 heterocycles. The van der Waals surface area contributed by atoms with E-state index in [4.69, 9.17) is 0 Å². The Morgan fingerprint density at radius 1 is 1.21 bits per heavy atom. The fourth-order valence-electron chi connectivity index (χ4n) is 3.25. The summed E-state index contributed by atoms with van der Waals surface area (Å²) in [5, 5.41) is 13.6. The molecule has 0 unspecified atom stereocenters. The average Bonchev–Trinajstić information content (AvgIpc) is 2.70. The predicted molar refractivity (Wildman–Crippen MR) is 107 cm³/mol. The summed E-state index contributed by atoms with van der Waals surface area (Å²) in [6.07, 6.45) is 3.12. The van der Waals surface area contributed by atoms with Gasteiger partial charge in [-0.15, -0.1) is 0 Å². The highest BCUT2D eigenvalue weighted by molar-refractivity contribution is 7.89. The summed E-state index contributed by atoms with van der Waals surface area (Å²) in [6, 6.07) is 6.41. The summed E-state index contributed by atoms with van der Waals surface area (Å²) in [6.45, 7) is 4.21. The van der Waals surface area contributed by atoms with Gasteiger partial charge in [0.05, 0.1) is 9.82 Å². The van der Waals surface area contributed by atoms with Crippen LogP contribution in [0.25, 0.3) is 0 Å². The number of hydrogen-bond donors (Lipinski definition) is 1. The maximum Gasteiger partial charge on any atom is 0.310 e. The number of nitrogens with zero attached hydrogens (tertiary/aromatic N) is 3. The second-order valence-electron chi connectivity index (χ2n) is 7.06. The topological polar surface area (TPSA) is 123 Å². The molecule has 2 aromatic rings. The quantitative estimate of drug-likeness (QED) is 0.588. The van der Waals surface area contributed by atoms with Crippen LogP contribution >= 0.6 is 0 Å². The highest BCUT2D eigenvalue weighted by Crippen LogP contribution is 2.27. The van der Waals surface area contributed by atoms with E-state index in [2.05, 4.69) is 10.3 Å². The first-order valence-electron chi connectivity index (χ1n) is 9.17. The van der Waals surface area contributed by atoms with E-state index in [-0.39, 0.29) is 35.3 Å². The molecule has 0 aliphatic carbocycles. The summed E-state index contributed by atoms with van der Waals surface area (Å²) in [7, 11) is -3.62. The number of nitro groups is 1. The Bertz CT molecular complexity index is 1050. The SMILES string of the molecule is Cc1ccc(S(=O)(=O)N2CCC(C(=O)Nc3ccncc3[N+](=O)[O-])CC2)cc1C. The highest BCUT2D eigenvalue weighted by atomic mass is 32.2. The molecule has 29 heavy (non-hydrogen) atoms. The molecule has 0 radical (unpaired) electrons. The van der Waals surface area contributed by atoms with Gasteiger partial charge in [0.2, 0.25) is 15.9 Å². The van der Waals surface area contributed by atoms with Gasteiger partial charge in [-0.25, -0.2) is 8.42 Å². The third-order valence-corrected chi connectivity index (χ3v) is 7.09. The molecule has 1 saturated heterocycles. The third-order valence-electron chi connectivity index (χ3n) is 5.20. The zero-order valence-electron chi connectivity index (χ0n) is 16.2. The molecule has 1 aromatic carbocycles. The van der Waals surface area contributed by atoms with E-state index < -0.39 is 20.9 Å². The molecule has 0 bridgehead atoms. The van der Waals surface area contributed by atoms with Gasteiger partial charge in [-0.3, -0.25) is 19.9 Å². The number of anilines is 1. The van der Waals surface area contributed by atoms with Crippen molar-refractivity contribution in [3.63, 3.8) is 0 Å². The molecule has 1 aromatic heterocycles. The first-order valence-corrected chi connectivity index (χ1v) is 10.6. The Hall–Kier alpha value is -2.85. The lowest BCUT2D eigenvalue weighted by Crippen LogP contribution is -2.41. The van der Waals surface area contributed by atoms with Crippen molar-refractivity contribution in [1.29, 1.82) is 0 Å². The highest BCUT2D eigenvalue weighted by Gasteiger charge is 2.32. The van der Waals surface area contributed by atoms with Crippen molar-refractivity contribution in [2.24, 2.45) is 5.92 Å². The molecule has 1 N–H and O–H groups in total. The maximum atomic E-state index is 12.9. The van der Waals surface area contributed by atoms with Crippen LogP contribution in [0.4, 0.5) is 11.4 Å². The molecule has 1 aliphatic heterocycles. The van der Waals surface area contributed by atoms with E-state index in [1.54, 1.807) is 18.2 Å². The minimum atomic E-state index is -3.62. The smallest absolute Gasteiger partial charge is 0.310 e. The van der Waals surface area contributed by atoms with Crippen LogP contribution in [0.5, 0.6) is 0 Å². The largest absolute Gasteiger partial charge is 0.320 e. The first kappa shape index (κ1) is 20.9. The summed E-state index contributed by atoms with van der Waals surface area (Å²) in [5.74, 6) is -0.781. The average molecular weight is 418 g/mol. The van der Waals surface area contributed by atoms with Crippen LogP contribution in [0.2, 0.25) is 0 Å². The van der Waals surface area contributed by atoms with Gasteiger partial charge in [0, 0.05) is 25.2 Å². The van der Waals surface area contributed by atoms with Crippen LogP contribution in [0.15, 0.2) is 41.6 Å². The van der Waals surface area contributed by atoms with Crippen molar-refractivity contribution in [2.45, 2.75) is 31.6 Å². The number of carbonyl (C=O) groups is 1. The Morgan fingerprint density at radius 3 is 2.52 bits per heavy atom. The van der Waals surface area contributed by atoms with Gasteiger partial charge in [-0.05, 0) is 56.0 Å². The van der Waals surface area contributed by atoms with E-state index in [1.165, 1.54) is 16.6 Å². The first-order chi connectivity index (χ1) is 13.7. The molecular formula is C19H22N4O5S. The van der Waals surface area contributed by atoms with E-state index >= 15 is 0 Å². The van der Waals surface area contributed by atoms with Gasteiger partial charge < -0.3 is 5.32 Å². The maximum absolute atomic E-state index is 12.9. The normalized spacial score (nSPS) is 15.8. The van der Waals surface area contributed by atoms with Crippen molar-refractivity contribution in [1.82, 2.24) is 9.29 Å². The fraction of sp³-hybridized carbons (Fsp3) is 0.368. The number of rotatable bonds is 5. The number of aromatic nitrogens is 1. The van der Waals surface area contributed by atoms with E-state index in [1.807, 2.05) is 13.8 Å². The molecule has 1 aliphatic rings. The zero-order valence-corrected chi connectivity index (χ0v) is 17.0. The lowest BCUT2D eigenvalue weighted by Gasteiger charge is -2.30. The number of sulfonamides is 1. The van der Waals surface area contributed by atoms with Gasteiger partial charge in [0.25, 0.3) is 0 Å². The molecule has 154 valence electrons. The summed E-state index contributed by atoms with van der Waals surface area (Å²) < 4.78 is 27.1. The molecule has 1 amide bonds. The molecule has 9 nitrogen and oxygen atoms in total. The Morgan fingerprint density at radius 2 is 1.90 bits per heavy atom. The number of piperidine rings is 1. The molecule has 0 atom stereocenters. The van der Waals surface area contributed by atoms with Gasteiger partial charge in [0.15, 0.2) is 0 Å². The number of aryl methyl sites for hydroxylation is 2. The number of benzene rings is 1. The molecule has 10 heteroatoms. The molecular weight excluding hydrogens is 396 g/mol. The number of pyridine rings is 1. The van der Waals surface area contributed by atoms with Crippen molar-refractivity contribution >= 4 is 27.3 Å². The molecule has 0 spiro atoms. The number of carbonyl (C=O) groups excluding carboxylic acids is 1. The monoisotopic (exact) mass is 418 g/mol. The van der Waals surface area contributed by atoms with Crippen LogP contribution in [0.1, 0.15) is 24.0 Å². The van der Waals surface area contributed by atoms with Crippen molar-refractivity contribution in [3.8, 4) is 0 Å². The van der Waals surface area contributed by atoms with Crippen LogP contribution in [-0.2, 0) is 14.8 Å². The van der Waals surface area contributed by atoms with Gasteiger partial charge in [0.1, 0.15) is 11.9 Å². The summed E-state index contributed by atoms with van der Waals surface area (Å²) in [4.78, 5) is 26.9. The molecule has 3 rings (SSSR count). The second kappa shape index (κ2) is 8.26. The van der Waals surface area contributed by atoms with Gasteiger partial charge in [-0.2, -0.15) is 4.31 Å². The van der Waals surface area contributed by atoms with E-state index in [9.17, 15) is 23.3 Å². The fourth-order valence-corrected chi connectivity index (χ4v) is 4.81. The summed E-state index contributed by atoms with van der Waals surface area (Å²) >= 11 is 0. The minimum Gasteiger partial charge on any atom is -0.320 e. The summed E-state index contributed by atoms with van der Waals surface area (Å²) in [5.41, 5.74) is 1.72. The standard InChI is InChI=1S/C19H22N4O5S/c1-13-3-4-16(11-14(13)2)29(27,28)22-9-6-15(7-10-22)19(24)21-17-5-8-20-12-18(17)23(25)26/h3-5,8,11-12,15H,6-7,9-10H2,1-2H3,(H,20,21,24). The Kier molecular flexibility index (Phi) is 5.94. The predicted octanol–water partition coefficient (Wildman–Crippen LogP) is 2.65. The van der Waals surface area contributed by atoms with E-state index in [0.29, 0.717) is 12.8 Å². The zero-order chi connectivity index (χ0) is 21.2. The van der Waals surface area contributed by atoms with Crippen molar-refractivity contribution in [2.75, 3.05) is 18.4 Å². The lowest BCUT2D eigenvalue weighted by molar-refractivity contribution is -0.384. The Labute approximate surface area is 169 Å². The molecule has 1 fully saturated rings. The van der Waals surface area contributed by atoms with Crippen molar-refractivity contribution in [3.05, 3.63) is 57.9 Å². The van der Waals surface area contributed by atoms with Crippen LogP contribution < -0.4 is 5.32 Å². The van der Waals surface area contributed by atoms with Crippen LogP contribution in [-0.4, -0.2) is 41.6 Å². The number of nitrogens with one attached hydrogen (secondary N) is 1.